The third kappa shape index (κ3) is 3.43. The minimum absolute atomic E-state index is 0.572. The van der Waals surface area contributed by atoms with E-state index in [0.717, 1.165) is 17.9 Å². The lowest BCUT2D eigenvalue weighted by molar-refractivity contribution is 0.223. The Kier molecular flexibility index (Phi) is 4.41. The first-order valence-corrected chi connectivity index (χ1v) is 5.49. The van der Waals surface area contributed by atoms with Crippen LogP contribution in [0, 0.1) is 11.8 Å². The zero-order chi connectivity index (χ0) is 11.3. The molecule has 0 aromatic heterocycles. The standard InChI is InChI=1S/C14H20O/c1-5-13-8-6-7-9-14(13)15-10-12(4)11(2)3/h5-9,11-12H,1,10H2,2-4H3. The van der Waals surface area contributed by atoms with Crippen molar-refractivity contribution in [2.45, 2.75) is 20.8 Å². The maximum absolute atomic E-state index is 5.78. The number of ether oxygens (including phenoxy) is 1. The number of hydrogen-bond acceptors (Lipinski definition) is 1. The van der Waals surface area contributed by atoms with E-state index in [4.69, 9.17) is 4.74 Å². The molecule has 15 heavy (non-hydrogen) atoms. The molecule has 0 aliphatic rings. The van der Waals surface area contributed by atoms with Crippen LogP contribution in [0.2, 0.25) is 0 Å². The molecule has 0 N–H and O–H groups in total. The third-order valence-corrected chi connectivity index (χ3v) is 2.78. The van der Waals surface area contributed by atoms with Gasteiger partial charge in [0.2, 0.25) is 0 Å². The number of hydrogen-bond donors (Lipinski definition) is 0. The second-order valence-electron chi connectivity index (χ2n) is 4.27. The van der Waals surface area contributed by atoms with E-state index >= 15 is 0 Å². The topological polar surface area (TPSA) is 9.23 Å². The van der Waals surface area contributed by atoms with Gasteiger partial charge in [0.25, 0.3) is 0 Å². The lowest BCUT2D eigenvalue weighted by atomic mass is 9.99. The van der Waals surface area contributed by atoms with Gasteiger partial charge < -0.3 is 4.74 Å². The first-order chi connectivity index (χ1) is 7.15. The molecular formula is C14H20O. The second-order valence-corrected chi connectivity index (χ2v) is 4.27. The normalized spacial score (nSPS) is 12.5. The average molecular weight is 204 g/mol. The van der Waals surface area contributed by atoms with Crippen LogP contribution in [0.5, 0.6) is 5.75 Å². The molecule has 1 heteroatoms. The van der Waals surface area contributed by atoms with E-state index in [0.29, 0.717) is 11.8 Å². The van der Waals surface area contributed by atoms with Gasteiger partial charge in [-0.05, 0) is 17.9 Å². The van der Waals surface area contributed by atoms with Crippen molar-refractivity contribution >= 4 is 6.08 Å². The van der Waals surface area contributed by atoms with Gasteiger partial charge in [-0.15, -0.1) is 0 Å². The first-order valence-electron chi connectivity index (χ1n) is 5.49. The number of rotatable bonds is 5. The summed E-state index contributed by atoms with van der Waals surface area (Å²) >= 11 is 0. The van der Waals surface area contributed by atoms with Gasteiger partial charge in [0.1, 0.15) is 5.75 Å². The quantitative estimate of drug-likeness (QED) is 0.704. The SMILES string of the molecule is C=Cc1ccccc1OCC(C)C(C)C. The summed E-state index contributed by atoms with van der Waals surface area (Å²) in [5.74, 6) is 2.16. The van der Waals surface area contributed by atoms with Crippen molar-refractivity contribution in [3.63, 3.8) is 0 Å². The zero-order valence-electron chi connectivity index (χ0n) is 9.86. The lowest BCUT2D eigenvalue weighted by Gasteiger charge is -2.17. The Morgan fingerprint density at radius 2 is 1.93 bits per heavy atom. The first kappa shape index (κ1) is 11.8. The molecule has 0 aliphatic carbocycles. The van der Waals surface area contributed by atoms with E-state index in [9.17, 15) is 0 Å². The summed E-state index contributed by atoms with van der Waals surface area (Å²) in [6.07, 6.45) is 1.83. The Balaban J connectivity index is 2.61. The van der Waals surface area contributed by atoms with Gasteiger partial charge in [-0.2, -0.15) is 0 Å². The fourth-order valence-electron chi connectivity index (χ4n) is 1.19. The summed E-state index contributed by atoms with van der Waals surface area (Å²) in [4.78, 5) is 0. The van der Waals surface area contributed by atoms with Gasteiger partial charge >= 0.3 is 0 Å². The van der Waals surface area contributed by atoms with Crippen molar-refractivity contribution in [1.82, 2.24) is 0 Å². The van der Waals surface area contributed by atoms with Crippen LogP contribution in [0.25, 0.3) is 6.08 Å². The van der Waals surface area contributed by atoms with E-state index in [2.05, 4.69) is 27.4 Å². The Labute approximate surface area is 92.8 Å². The number of para-hydroxylation sites is 1. The minimum atomic E-state index is 0.572. The monoisotopic (exact) mass is 204 g/mol. The molecule has 0 saturated carbocycles. The Morgan fingerprint density at radius 1 is 1.27 bits per heavy atom. The van der Waals surface area contributed by atoms with Crippen LogP contribution in [0.4, 0.5) is 0 Å². The van der Waals surface area contributed by atoms with Gasteiger partial charge in [0.05, 0.1) is 6.61 Å². The molecule has 0 aliphatic heterocycles. The smallest absolute Gasteiger partial charge is 0.126 e. The summed E-state index contributed by atoms with van der Waals surface area (Å²) in [6.45, 7) is 11.2. The highest BCUT2D eigenvalue weighted by Gasteiger charge is 2.08. The van der Waals surface area contributed by atoms with E-state index in [1.165, 1.54) is 0 Å². The molecule has 1 atom stereocenters. The highest BCUT2D eigenvalue weighted by atomic mass is 16.5. The average Bonchev–Trinajstić information content (AvgIpc) is 2.26. The minimum Gasteiger partial charge on any atom is -0.493 e. The van der Waals surface area contributed by atoms with Crippen LogP contribution in [0.15, 0.2) is 30.8 Å². The van der Waals surface area contributed by atoms with Gasteiger partial charge in [-0.1, -0.05) is 51.6 Å². The van der Waals surface area contributed by atoms with Crippen molar-refractivity contribution in [3.8, 4) is 5.75 Å². The van der Waals surface area contributed by atoms with Crippen LogP contribution < -0.4 is 4.74 Å². The molecule has 0 heterocycles. The number of benzene rings is 1. The van der Waals surface area contributed by atoms with Crippen LogP contribution in [0.3, 0.4) is 0 Å². The van der Waals surface area contributed by atoms with E-state index < -0.39 is 0 Å². The predicted octanol–water partition coefficient (Wildman–Crippen LogP) is 4.00. The molecule has 0 amide bonds. The van der Waals surface area contributed by atoms with Crippen LogP contribution in [-0.2, 0) is 0 Å². The van der Waals surface area contributed by atoms with Crippen molar-refractivity contribution in [1.29, 1.82) is 0 Å². The lowest BCUT2D eigenvalue weighted by Crippen LogP contribution is -2.14. The fourth-order valence-corrected chi connectivity index (χ4v) is 1.19. The maximum Gasteiger partial charge on any atom is 0.126 e. The van der Waals surface area contributed by atoms with Crippen molar-refractivity contribution in [2.24, 2.45) is 11.8 Å². The van der Waals surface area contributed by atoms with Crippen LogP contribution in [0.1, 0.15) is 26.3 Å². The highest BCUT2D eigenvalue weighted by molar-refractivity contribution is 5.55. The van der Waals surface area contributed by atoms with Crippen LogP contribution >= 0.6 is 0 Å². The molecular weight excluding hydrogens is 184 g/mol. The van der Waals surface area contributed by atoms with E-state index in [1.54, 1.807) is 0 Å². The summed E-state index contributed by atoms with van der Waals surface area (Å²) in [5.41, 5.74) is 1.06. The Hall–Kier alpha value is -1.24. The molecule has 1 aromatic rings. The molecule has 0 fully saturated rings. The largest absolute Gasteiger partial charge is 0.493 e. The van der Waals surface area contributed by atoms with Gasteiger partial charge in [0, 0.05) is 5.56 Å². The van der Waals surface area contributed by atoms with Crippen molar-refractivity contribution in [3.05, 3.63) is 36.4 Å². The van der Waals surface area contributed by atoms with Gasteiger partial charge in [-0.25, -0.2) is 0 Å². The van der Waals surface area contributed by atoms with Crippen molar-refractivity contribution < 1.29 is 4.74 Å². The van der Waals surface area contributed by atoms with Crippen LogP contribution in [-0.4, -0.2) is 6.61 Å². The zero-order valence-corrected chi connectivity index (χ0v) is 9.86. The van der Waals surface area contributed by atoms with E-state index in [1.807, 2.05) is 30.3 Å². The highest BCUT2D eigenvalue weighted by Crippen LogP contribution is 2.20. The molecule has 1 unspecified atom stereocenters. The fraction of sp³-hybridized carbons (Fsp3) is 0.429. The van der Waals surface area contributed by atoms with E-state index in [-0.39, 0.29) is 0 Å². The Bertz CT molecular complexity index is 315. The molecule has 1 rings (SSSR count). The maximum atomic E-state index is 5.78. The molecule has 0 radical (unpaired) electrons. The molecule has 82 valence electrons. The summed E-state index contributed by atoms with van der Waals surface area (Å²) in [5, 5.41) is 0. The van der Waals surface area contributed by atoms with Gasteiger partial charge in [-0.3, -0.25) is 0 Å². The molecule has 1 aromatic carbocycles. The van der Waals surface area contributed by atoms with Crippen molar-refractivity contribution in [2.75, 3.05) is 6.61 Å². The molecule has 0 saturated heterocycles. The van der Waals surface area contributed by atoms with Gasteiger partial charge in [0.15, 0.2) is 0 Å². The summed E-state index contributed by atoms with van der Waals surface area (Å²) in [7, 11) is 0. The third-order valence-electron chi connectivity index (χ3n) is 2.78. The predicted molar refractivity (Wildman–Crippen MR) is 66.0 cm³/mol. The second kappa shape index (κ2) is 5.59. The molecule has 0 bridgehead atoms. The summed E-state index contributed by atoms with van der Waals surface area (Å²) < 4.78 is 5.78. The summed E-state index contributed by atoms with van der Waals surface area (Å²) in [6, 6.07) is 7.99. The Morgan fingerprint density at radius 3 is 2.53 bits per heavy atom. The molecule has 0 spiro atoms. The molecule has 1 nitrogen and oxygen atoms in total.